The van der Waals surface area contributed by atoms with Crippen LogP contribution < -0.4 is 10.2 Å². The lowest BCUT2D eigenvalue weighted by Gasteiger charge is -2.35. The molecule has 0 saturated heterocycles. The molecule has 5 nitrogen and oxygen atoms in total. The van der Waals surface area contributed by atoms with Crippen LogP contribution in [0.5, 0.6) is 0 Å². The van der Waals surface area contributed by atoms with E-state index >= 15 is 0 Å². The maximum Gasteiger partial charge on any atom is 0.246 e. The zero-order chi connectivity index (χ0) is 19.1. The van der Waals surface area contributed by atoms with E-state index in [0.717, 1.165) is 47.2 Å². The van der Waals surface area contributed by atoms with Crippen molar-refractivity contribution >= 4 is 29.2 Å². The number of rotatable bonds is 4. The molecule has 0 bridgehead atoms. The number of hydrogen-bond acceptors (Lipinski definition) is 5. The quantitative estimate of drug-likeness (QED) is 0.866. The molecule has 1 N–H and O–H groups in total. The van der Waals surface area contributed by atoms with Gasteiger partial charge in [0.1, 0.15) is 23.4 Å². The minimum Gasteiger partial charge on any atom is -0.346 e. The van der Waals surface area contributed by atoms with Crippen molar-refractivity contribution in [3.63, 3.8) is 0 Å². The molecule has 2 aliphatic rings. The Bertz CT molecular complexity index is 867. The summed E-state index contributed by atoms with van der Waals surface area (Å²) in [6.07, 6.45) is 3.08. The number of thioether (sulfide) groups is 1. The first-order valence-electron chi connectivity index (χ1n) is 9.24. The van der Waals surface area contributed by atoms with Crippen molar-refractivity contribution in [2.24, 2.45) is 5.92 Å². The third-order valence-electron chi connectivity index (χ3n) is 5.44. The zero-order valence-electron chi connectivity index (χ0n) is 15.7. The molecule has 27 heavy (non-hydrogen) atoms. The molecule has 2 heterocycles. The van der Waals surface area contributed by atoms with Crippen molar-refractivity contribution in [2.75, 3.05) is 17.3 Å². The van der Waals surface area contributed by atoms with E-state index in [1.807, 2.05) is 49.7 Å². The second kappa shape index (κ2) is 7.11. The third kappa shape index (κ3) is 3.65. The number of anilines is 2. The highest BCUT2D eigenvalue weighted by Gasteiger charge is 2.33. The third-order valence-corrected chi connectivity index (χ3v) is 6.70. The van der Waals surface area contributed by atoms with E-state index in [-0.39, 0.29) is 17.8 Å². The van der Waals surface area contributed by atoms with E-state index < -0.39 is 0 Å². The van der Waals surface area contributed by atoms with Gasteiger partial charge in [-0.25, -0.2) is 14.4 Å². The van der Waals surface area contributed by atoms with Gasteiger partial charge in [-0.1, -0.05) is 0 Å². The highest BCUT2D eigenvalue weighted by atomic mass is 32.2. The number of amides is 1. The zero-order valence-corrected chi connectivity index (χ0v) is 16.5. The predicted molar refractivity (Wildman–Crippen MR) is 106 cm³/mol. The van der Waals surface area contributed by atoms with Crippen molar-refractivity contribution in [1.29, 1.82) is 0 Å². The summed E-state index contributed by atoms with van der Waals surface area (Å²) < 4.78 is 13.0. The Morgan fingerprint density at radius 1 is 1.26 bits per heavy atom. The Morgan fingerprint density at radius 2 is 1.96 bits per heavy atom. The van der Waals surface area contributed by atoms with E-state index in [1.165, 1.54) is 12.1 Å². The molecule has 1 aliphatic carbocycles. The number of aryl methyl sites for hydroxylation is 1. The van der Waals surface area contributed by atoms with Gasteiger partial charge < -0.3 is 10.2 Å². The molecule has 1 amide bonds. The molecule has 0 spiro atoms. The molecule has 1 saturated carbocycles. The highest BCUT2D eigenvalue weighted by molar-refractivity contribution is 8.00. The van der Waals surface area contributed by atoms with Crippen LogP contribution in [0.4, 0.5) is 15.9 Å². The molecule has 2 aromatic rings. The molecule has 1 atom stereocenters. The summed E-state index contributed by atoms with van der Waals surface area (Å²) in [6.45, 7) is 3.79. The summed E-state index contributed by atoms with van der Waals surface area (Å²) in [5.74, 6) is 2.00. The van der Waals surface area contributed by atoms with Crippen LogP contribution in [0.1, 0.15) is 31.3 Å². The van der Waals surface area contributed by atoms with Gasteiger partial charge in [0, 0.05) is 23.6 Å². The molecule has 7 heteroatoms. The van der Waals surface area contributed by atoms with Crippen LogP contribution in [0.2, 0.25) is 0 Å². The van der Waals surface area contributed by atoms with E-state index in [4.69, 9.17) is 4.98 Å². The van der Waals surface area contributed by atoms with Gasteiger partial charge in [0.2, 0.25) is 5.91 Å². The summed E-state index contributed by atoms with van der Waals surface area (Å²) in [6, 6.07) is 6.47. The number of fused-ring (bicyclic) bond motifs is 1. The maximum absolute atomic E-state index is 13.0. The van der Waals surface area contributed by atoms with E-state index in [0.29, 0.717) is 11.2 Å². The maximum atomic E-state index is 13.0. The molecule has 1 aromatic carbocycles. The first kappa shape index (κ1) is 18.2. The van der Waals surface area contributed by atoms with Crippen LogP contribution in [0.25, 0.3) is 0 Å². The Hall–Kier alpha value is -2.15. The topological polar surface area (TPSA) is 58.1 Å². The van der Waals surface area contributed by atoms with Crippen LogP contribution >= 0.6 is 11.8 Å². The van der Waals surface area contributed by atoms with Gasteiger partial charge in [-0.05, 0) is 56.9 Å². The number of carbonyl (C=O) groups excluding carboxylic acids is 1. The summed E-state index contributed by atoms with van der Waals surface area (Å²) in [4.78, 5) is 24.4. The fourth-order valence-electron chi connectivity index (χ4n) is 3.60. The number of carbonyl (C=O) groups is 1. The fraction of sp³-hybridized carbons (Fsp3) is 0.450. The minimum atomic E-state index is -0.236. The Balaban J connectivity index is 1.39. The highest BCUT2D eigenvalue weighted by Crippen LogP contribution is 2.42. The largest absolute Gasteiger partial charge is 0.346 e. The van der Waals surface area contributed by atoms with Gasteiger partial charge in [0.15, 0.2) is 5.82 Å². The van der Waals surface area contributed by atoms with Gasteiger partial charge in [0.25, 0.3) is 0 Å². The molecule has 1 aromatic heterocycles. The summed E-state index contributed by atoms with van der Waals surface area (Å²) in [5, 5.41) is 3.49. The first-order chi connectivity index (χ1) is 12.9. The summed E-state index contributed by atoms with van der Waals surface area (Å²) in [7, 11) is 1.90. The normalized spacial score (nSPS) is 24.2. The SMILES string of the molecule is Cc1nc(CC2CC(Sc3ccc(F)cc3)C2)nc2c1NC(=O)[C@H](C)N2C. The number of benzene rings is 1. The fourth-order valence-corrected chi connectivity index (χ4v) is 5.01. The summed E-state index contributed by atoms with van der Waals surface area (Å²) in [5.41, 5.74) is 1.54. The van der Waals surface area contributed by atoms with E-state index in [2.05, 4.69) is 10.3 Å². The Kier molecular flexibility index (Phi) is 4.80. The molecule has 1 fully saturated rings. The van der Waals surface area contributed by atoms with Crippen molar-refractivity contribution < 1.29 is 9.18 Å². The van der Waals surface area contributed by atoms with Crippen LogP contribution in [-0.4, -0.2) is 34.2 Å². The minimum absolute atomic E-state index is 0.0240. The van der Waals surface area contributed by atoms with Gasteiger partial charge in [-0.3, -0.25) is 4.79 Å². The lowest BCUT2D eigenvalue weighted by Crippen LogP contribution is -2.45. The van der Waals surface area contributed by atoms with Crippen molar-refractivity contribution in [3.05, 3.63) is 41.6 Å². The van der Waals surface area contributed by atoms with E-state index in [1.54, 1.807) is 0 Å². The lowest BCUT2D eigenvalue weighted by atomic mass is 9.82. The number of aromatic nitrogens is 2. The van der Waals surface area contributed by atoms with Crippen LogP contribution in [0, 0.1) is 18.7 Å². The number of hydrogen-bond donors (Lipinski definition) is 1. The van der Waals surface area contributed by atoms with Crippen molar-refractivity contribution in [1.82, 2.24) is 9.97 Å². The van der Waals surface area contributed by atoms with Crippen molar-refractivity contribution in [3.8, 4) is 0 Å². The van der Waals surface area contributed by atoms with Gasteiger partial charge in [0.05, 0.1) is 5.69 Å². The monoisotopic (exact) mass is 386 g/mol. The van der Waals surface area contributed by atoms with Crippen LogP contribution in [0.15, 0.2) is 29.2 Å². The summed E-state index contributed by atoms with van der Waals surface area (Å²) >= 11 is 1.82. The molecule has 142 valence electrons. The number of nitrogens with one attached hydrogen (secondary N) is 1. The standard InChI is InChI=1S/C20H23FN4OS/c1-11-18-19(25(3)12(2)20(26)24-18)23-17(22-11)10-13-8-16(9-13)27-15-6-4-14(21)5-7-15/h4-7,12-13,16H,8-10H2,1-3H3,(H,24,26)/t12-,13?,16?/m0/s1. The molecule has 1 aliphatic heterocycles. The second-order valence-electron chi connectivity index (χ2n) is 7.44. The Labute approximate surface area is 162 Å². The average molecular weight is 386 g/mol. The molecular weight excluding hydrogens is 363 g/mol. The predicted octanol–water partition coefficient (Wildman–Crippen LogP) is 3.81. The molecule has 0 unspecified atom stereocenters. The Morgan fingerprint density at radius 3 is 2.67 bits per heavy atom. The smallest absolute Gasteiger partial charge is 0.246 e. The molecular formula is C20H23FN4OS. The van der Waals surface area contributed by atoms with E-state index in [9.17, 15) is 9.18 Å². The second-order valence-corrected chi connectivity index (χ2v) is 8.81. The van der Waals surface area contributed by atoms with Crippen LogP contribution in [0.3, 0.4) is 0 Å². The number of likely N-dealkylation sites (N-methyl/N-ethyl adjacent to an activating group) is 1. The average Bonchev–Trinajstić information content (AvgIpc) is 2.61. The lowest BCUT2D eigenvalue weighted by molar-refractivity contribution is -0.117. The first-order valence-corrected chi connectivity index (χ1v) is 10.1. The number of nitrogens with zero attached hydrogens (tertiary/aromatic N) is 3. The molecule has 0 radical (unpaired) electrons. The van der Waals surface area contributed by atoms with Crippen molar-refractivity contribution in [2.45, 2.75) is 49.3 Å². The van der Waals surface area contributed by atoms with Gasteiger partial charge in [-0.15, -0.1) is 11.8 Å². The van der Waals surface area contributed by atoms with Gasteiger partial charge >= 0.3 is 0 Å². The van der Waals surface area contributed by atoms with Crippen LogP contribution in [-0.2, 0) is 11.2 Å². The number of halogens is 1. The molecule has 4 rings (SSSR count). The van der Waals surface area contributed by atoms with Gasteiger partial charge in [-0.2, -0.15) is 0 Å².